The molecule has 146 valence electrons. The molecule has 1 amide bonds. The third-order valence-corrected chi connectivity index (χ3v) is 4.69. The van der Waals surface area contributed by atoms with E-state index in [9.17, 15) is 14.4 Å². The van der Waals surface area contributed by atoms with Crippen molar-refractivity contribution in [2.75, 3.05) is 13.2 Å². The minimum atomic E-state index is -0.630. The normalized spacial score (nSPS) is 15.2. The van der Waals surface area contributed by atoms with E-state index in [0.717, 1.165) is 24.8 Å². The molecule has 1 aliphatic carbocycles. The van der Waals surface area contributed by atoms with Gasteiger partial charge >= 0.3 is 5.97 Å². The van der Waals surface area contributed by atoms with Crippen molar-refractivity contribution in [2.24, 2.45) is 0 Å². The molecule has 6 heteroatoms. The SMILES string of the molecule is CC(=O)c1ccc(OCC(=O)OCC(=O)N[C@H]2CCCc3ccccc32)cc1. The lowest BCUT2D eigenvalue weighted by atomic mass is 9.88. The summed E-state index contributed by atoms with van der Waals surface area (Å²) in [5.74, 6) is -0.557. The van der Waals surface area contributed by atoms with Gasteiger partial charge in [0, 0.05) is 5.56 Å². The van der Waals surface area contributed by atoms with Crippen molar-refractivity contribution < 1.29 is 23.9 Å². The van der Waals surface area contributed by atoms with E-state index in [0.29, 0.717) is 11.3 Å². The summed E-state index contributed by atoms with van der Waals surface area (Å²) >= 11 is 0. The number of hydrogen-bond acceptors (Lipinski definition) is 5. The van der Waals surface area contributed by atoms with Gasteiger partial charge in [-0.3, -0.25) is 9.59 Å². The van der Waals surface area contributed by atoms with E-state index in [-0.39, 0.29) is 30.9 Å². The average Bonchev–Trinajstić information content (AvgIpc) is 2.71. The summed E-state index contributed by atoms with van der Waals surface area (Å²) in [6.45, 7) is 0.827. The highest BCUT2D eigenvalue weighted by Gasteiger charge is 2.21. The number of Topliss-reactive ketones (excluding diaryl/α,β-unsaturated/α-hetero) is 1. The molecule has 0 unspecified atom stereocenters. The van der Waals surface area contributed by atoms with Crippen LogP contribution in [0, 0.1) is 0 Å². The number of esters is 1. The number of benzene rings is 2. The van der Waals surface area contributed by atoms with Crippen molar-refractivity contribution in [2.45, 2.75) is 32.2 Å². The minimum Gasteiger partial charge on any atom is -0.482 e. The zero-order valence-electron chi connectivity index (χ0n) is 15.8. The number of ketones is 1. The van der Waals surface area contributed by atoms with Gasteiger partial charge in [0.2, 0.25) is 0 Å². The van der Waals surface area contributed by atoms with Gasteiger partial charge in [-0.1, -0.05) is 24.3 Å². The minimum absolute atomic E-state index is 0.0439. The van der Waals surface area contributed by atoms with Crippen molar-refractivity contribution in [1.82, 2.24) is 5.32 Å². The first kappa shape index (κ1) is 19.6. The van der Waals surface area contributed by atoms with Gasteiger partial charge in [0.1, 0.15) is 5.75 Å². The van der Waals surface area contributed by atoms with E-state index in [2.05, 4.69) is 11.4 Å². The van der Waals surface area contributed by atoms with Crippen molar-refractivity contribution in [3.63, 3.8) is 0 Å². The summed E-state index contributed by atoms with van der Waals surface area (Å²) in [5, 5.41) is 2.93. The maximum atomic E-state index is 12.1. The van der Waals surface area contributed by atoms with E-state index in [1.165, 1.54) is 12.5 Å². The number of nitrogens with one attached hydrogen (secondary N) is 1. The molecule has 1 N–H and O–H groups in total. The number of carbonyl (C=O) groups is 3. The number of amides is 1. The van der Waals surface area contributed by atoms with Gasteiger partial charge in [-0.2, -0.15) is 0 Å². The Bertz CT molecular complexity index is 859. The van der Waals surface area contributed by atoms with E-state index < -0.39 is 5.97 Å². The Morgan fingerprint density at radius 3 is 2.54 bits per heavy atom. The van der Waals surface area contributed by atoms with E-state index in [4.69, 9.17) is 9.47 Å². The molecule has 0 radical (unpaired) electrons. The van der Waals surface area contributed by atoms with Crippen LogP contribution in [-0.2, 0) is 20.7 Å². The summed E-state index contributed by atoms with van der Waals surface area (Å²) in [6, 6.07) is 14.5. The molecule has 0 saturated carbocycles. The molecule has 0 spiro atoms. The fourth-order valence-corrected chi connectivity index (χ4v) is 3.26. The van der Waals surface area contributed by atoms with E-state index in [1.807, 2.05) is 18.2 Å². The Morgan fingerprint density at radius 1 is 1.04 bits per heavy atom. The second kappa shape index (κ2) is 9.17. The fourth-order valence-electron chi connectivity index (χ4n) is 3.26. The first-order valence-electron chi connectivity index (χ1n) is 9.29. The van der Waals surface area contributed by atoms with Crippen LogP contribution in [-0.4, -0.2) is 30.9 Å². The Balaban J connectivity index is 1.42. The van der Waals surface area contributed by atoms with Gasteiger partial charge in [-0.25, -0.2) is 4.79 Å². The van der Waals surface area contributed by atoms with Crippen LogP contribution in [0.25, 0.3) is 0 Å². The molecule has 28 heavy (non-hydrogen) atoms. The molecule has 6 nitrogen and oxygen atoms in total. The molecule has 2 aromatic rings. The lowest BCUT2D eigenvalue weighted by Gasteiger charge is -2.26. The first-order valence-corrected chi connectivity index (χ1v) is 9.29. The van der Waals surface area contributed by atoms with Crippen LogP contribution in [0.15, 0.2) is 48.5 Å². The Kier molecular flexibility index (Phi) is 6.42. The highest BCUT2D eigenvalue weighted by atomic mass is 16.6. The van der Waals surface area contributed by atoms with Crippen molar-refractivity contribution in [1.29, 1.82) is 0 Å². The van der Waals surface area contributed by atoms with Gasteiger partial charge in [-0.15, -0.1) is 0 Å². The summed E-state index contributed by atoms with van der Waals surface area (Å²) in [7, 11) is 0. The molecule has 0 heterocycles. The van der Waals surface area contributed by atoms with Gasteiger partial charge < -0.3 is 14.8 Å². The van der Waals surface area contributed by atoms with Gasteiger partial charge in [0.15, 0.2) is 19.0 Å². The topological polar surface area (TPSA) is 81.7 Å². The monoisotopic (exact) mass is 381 g/mol. The van der Waals surface area contributed by atoms with Crippen LogP contribution in [0.2, 0.25) is 0 Å². The number of aryl methyl sites for hydroxylation is 1. The van der Waals surface area contributed by atoms with Crippen LogP contribution in [0.3, 0.4) is 0 Å². The van der Waals surface area contributed by atoms with Crippen molar-refractivity contribution >= 4 is 17.7 Å². The fraction of sp³-hybridized carbons (Fsp3) is 0.318. The summed E-state index contributed by atoms with van der Waals surface area (Å²) in [4.78, 5) is 35.2. The zero-order valence-corrected chi connectivity index (χ0v) is 15.8. The van der Waals surface area contributed by atoms with Gasteiger partial charge in [-0.05, 0) is 61.6 Å². The molecule has 0 aliphatic heterocycles. The molecule has 3 rings (SSSR count). The molecule has 0 bridgehead atoms. The molecular formula is C22H23NO5. The van der Waals surface area contributed by atoms with Crippen LogP contribution in [0.5, 0.6) is 5.75 Å². The number of carbonyl (C=O) groups excluding carboxylic acids is 3. The summed E-state index contributed by atoms with van der Waals surface area (Å²) in [6.07, 6.45) is 2.90. The van der Waals surface area contributed by atoms with Crippen LogP contribution in [0.4, 0.5) is 0 Å². The van der Waals surface area contributed by atoms with Gasteiger partial charge in [0.25, 0.3) is 5.91 Å². The Labute approximate surface area is 163 Å². The predicted octanol–water partition coefficient (Wildman–Crippen LogP) is 3.01. The van der Waals surface area contributed by atoms with E-state index in [1.54, 1.807) is 24.3 Å². The van der Waals surface area contributed by atoms with Crippen molar-refractivity contribution in [3.05, 3.63) is 65.2 Å². The van der Waals surface area contributed by atoms with Crippen molar-refractivity contribution in [3.8, 4) is 5.75 Å². The molecule has 2 aromatic carbocycles. The lowest BCUT2D eigenvalue weighted by molar-refractivity contribution is -0.150. The third kappa shape index (κ3) is 5.19. The molecular weight excluding hydrogens is 358 g/mol. The number of fused-ring (bicyclic) bond motifs is 1. The van der Waals surface area contributed by atoms with Crippen LogP contribution < -0.4 is 10.1 Å². The molecule has 0 aromatic heterocycles. The van der Waals surface area contributed by atoms with Crippen LogP contribution in [0.1, 0.15) is 47.3 Å². The Morgan fingerprint density at radius 2 is 1.79 bits per heavy atom. The van der Waals surface area contributed by atoms with E-state index >= 15 is 0 Å². The largest absolute Gasteiger partial charge is 0.482 e. The molecule has 1 aliphatic rings. The smallest absolute Gasteiger partial charge is 0.344 e. The zero-order chi connectivity index (χ0) is 19.9. The molecule has 0 saturated heterocycles. The third-order valence-electron chi connectivity index (χ3n) is 4.69. The number of hydrogen-bond donors (Lipinski definition) is 1. The van der Waals surface area contributed by atoms with Crippen LogP contribution >= 0.6 is 0 Å². The second-order valence-corrected chi connectivity index (χ2v) is 6.74. The maximum Gasteiger partial charge on any atom is 0.344 e. The standard InChI is InChI=1S/C22H23NO5/c1-15(24)16-9-11-18(12-10-16)27-14-22(26)28-13-21(25)23-20-8-4-6-17-5-2-3-7-19(17)20/h2-3,5,7,9-12,20H,4,6,8,13-14H2,1H3,(H,23,25)/t20-/m0/s1. The highest BCUT2D eigenvalue weighted by Crippen LogP contribution is 2.29. The number of rotatable bonds is 7. The lowest BCUT2D eigenvalue weighted by Crippen LogP contribution is -2.34. The first-order chi connectivity index (χ1) is 13.5. The average molecular weight is 381 g/mol. The quantitative estimate of drug-likeness (QED) is 0.589. The molecule has 0 fully saturated rings. The maximum absolute atomic E-state index is 12.1. The Hall–Kier alpha value is -3.15. The van der Waals surface area contributed by atoms with Gasteiger partial charge in [0.05, 0.1) is 6.04 Å². The summed E-state index contributed by atoms with van der Waals surface area (Å²) < 4.78 is 10.3. The summed E-state index contributed by atoms with van der Waals surface area (Å²) in [5.41, 5.74) is 2.95. The highest BCUT2D eigenvalue weighted by molar-refractivity contribution is 5.94. The number of ether oxygens (including phenoxy) is 2. The predicted molar refractivity (Wildman–Crippen MR) is 103 cm³/mol. The molecule has 1 atom stereocenters. The second-order valence-electron chi connectivity index (χ2n) is 6.74.